The van der Waals surface area contributed by atoms with E-state index >= 15 is 0 Å². The molecule has 1 saturated heterocycles. The van der Waals surface area contributed by atoms with Gasteiger partial charge in [-0.3, -0.25) is 10.00 Å². The number of nitrogens with zero attached hydrogens (tertiary/aromatic N) is 2. The number of H-pyrrole nitrogens is 1. The molecule has 5 rings (SSSR count). The van der Waals surface area contributed by atoms with Crippen LogP contribution in [0, 0.1) is 0 Å². The molecule has 1 fully saturated rings. The standard InChI is InChI=1S/C26H26N4O2/c31-26(32-24-9-2-1-3-10-24)20-7-4-6-19(14-20)17-30-13-5-8-23(18-30)28-22-11-12-25-21(15-22)16-27-29-25/h1-4,6-7,9-12,14-16,23,28H,5,8,13,17-18H2,(H,27,29). The average molecular weight is 427 g/mol. The molecular formula is C26H26N4O2. The zero-order valence-electron chi connectivity index (χ0n) is 17.8. The lowest BCUT2D eigenvalue weighted by Gasteiger charge is -2.33. The van der Waals surface area contributed by atoms with Gasteiger partial charge < -0.3 is 10.1 Å². The van der Waals surface area contributed by atoms with E-state index in [4.69, 9.17) is 4.74 Å². The van der Waals surface area contributed by atoms with Gasteiger partial charge in [0.25, 0.3) is 0 Å². The van der Waals surface area contributed by atoms with Gasteiger partial charge >= 0.3 is 5.97 Å². The number of likely N-dealkylation sites (tertiary alicyclic amines) is 1. The van der Waals surface area contributed by atoms with E-state index in [1.807, 2.05) is 36.5 Å². The number of benzene rings is 3. The van der Waals surface area contributed by atoms with Gasteiger partial charge in [-0.05, 0) is 67.4 Å². The molecule has 4 aromatic rings. The van der Waals surface area contributed by atoms with Crippen molar-refractivity contribution in [2.75, 3.05) is 18.4 Å². The first kappa shape index (κ1) is 20.3. The van der Waals surface area contributed by atoms with Gasteiger partial charge in [-0.15, -0.1) is 0 Å². The van der Waals surface area contributed by atoms with Crippen LogP contribution in [0.2, 0.25) is 0 Å². The van der Waals surface area contributed by atoms with Crippen LogP contribution in [0.4, 0.5) is 5.69 Å². The number of nitrogens with one attached hydrogen (secondary N) is 2. The van der Waals surface area contributed by atoms with E-state index in [9.17, 15) is 4.79 Å². The Kier molecular flexibility index (Phi) is 5.85. The lowest BCUT2D eigenvalue weighted by Crippen LogP contribution is -2.41. The largest absolute Gasteiger partial charge is 0.423 e. The summed E-state index contributed by atoms with van der Waals surface area (Å²) in [6.45, 7) is 2.82. The van der Waals surface area contributed by atoms with Crippen LogP contribution in [0.5, 0.6) is 5.75 Å². The number of fused-ring (bicyclic) bond motifs is 1. The van der Waals surface area contributed by atoms with Crippen LogP contribution in [0.25, 0.3) is 10.9 Å². The summed E-state index contributed by atoms with van der Waals surface area (Å²) in [6.07, 6.45) is 4.13. The number of rotatable bonds is 6. The smallest absolute Gasteiger partial charge is 0.343 e. The Balaban J connectivity index is 1.21. The summed E-state index contributed by atoms with van der Waals surface area (Å²) in [5.41, 5.74) is 3.86. The van der Waals surface area contributed by atoms with Gasteiger partial charge in [0.2, 0.25) is 0 Å². The highest BCUT2D eigenvalue weighted by Gasteiger charge is 2.20. The lowest BCUT2D eigenvalue weighted by molar-refractivity contribution is 0.0734. The second-order valence-electron chi connectivity index (χ2n) is 8.29. The molecule has 32 heavy (non-hydrogen) atoms. The normalized spacial score (nSPS) is 16.7. The van der Waals surface area contributed by atoms with Gasteiger partial charge in [-0.2, -0.15) is 5.10 Å². The number of piperidine rings is 1. The van der Waals surface area contributed by atoms with E-state index in [0.717, 1.165) is 54.6 Å². The SMILES string of the molecule is O=C(Oc1ccccc1)c1cccc(CN2CCCC(Nc3ccc4[nH]ncc4c3)C2)c1. The van der Waals surface area contributed by atoms with Gasteiger partial charge in [-0.1, -0.05) is 30.3 Å². The average Bonchev–Trinajstić information content (AvgIpc) is 3.28. The third-order valence-corrected chi connectivity index (χ3v) is 5.84. The Morgan fingerprint density at radius 1 is 1.09 bits per heavy atom. The minimum atomic E-state index is -0.328. The second kappa shape index (κ2) is 9.24. The fourth-order valence-electron chi connectivity index (χ4n) is 4.29. The summed E-state index contributed by atoms with van der Waals surface area (Å²) >= 11 is 0. The maximum absolute atomic E-state index is 12.5. The van der Waals surface area contributed by atoms with E-state index in [2.05, 4.69) is 44.7 Å². The number of ether oxygens (including phenoxy) is 1. The molecule has 0 amide bonds. The van der Waals surface area contributed by atoms with Crippen molar-refractivity contribution in [1.29, 1.82) is 0 Å². The number of hydrogen-bond acceptors (Lipinski definition) is 5. The molecule has 6 heteroatoms. The molecule has 162 valence electrons. The predicted octanol–water partition coefficient (Wildman–Crippen LogP) is 4.86. The third-order valence-electron chi connectivity index (χ3n) is 5.84. The second-order valence-corrected chi connectivity index (χ2v) is 8.29. The fourth-order valence-corrected chi connectivity index (χ4v) is 4.29. The highest BCUT2D eigenvalue weighted by molar-refractivity contribution is 5.91. The summed E-state index contributed by atoms with van der Waals surface area (Å²) in [7, 11) is 0. The summed E-state index contributed by atoms with van der Waals surface area (Å²) < 4.78 is 5.48. The van der Waals surface area contributed by atoms with Gasteiger partial charge in [0.15, 0.2) is 0 Å². The molecule has 0 bridgehead atoms. The van der Waals surface area contributed by atoms with Crippen molar-refractivity contribution in [3.63, 3.8) is 0 Å². The minimum Gasteiger partial charge on any atom is -0.423 e. The summed E-state index contributed by atoms with van der Waals surface area (Å²) in [5.74, 6) is 0.229. The van der Waals surface area contributed by atoms with Crippen molar-refractivity contribution in [2.24, 2.45) is 0 Å². The van der Waals surface area contributed by atoms with Gasteiger partial charge in [0, 0.05) is 30.2 Å². The molecule has 6 nitrogen and oxygen atoms in total. The molecule has 0 spiro atoms. The van der Waals surface area contributed by atoms with Crippen LogP contribution >= 0.6 is 0 Å². The monoisotopic (exact) mass is 426 g/mol. The molecule has 1 unspecified atom stereocenters. The first-order valence-electron chi connectivity index (χ1n) is 11.0. The quantitative estimate of drug-likeness (QED) is 0.340. The third kappa shape index (κ3) is 4.81. The molecule has 0 radical (unpaired) electrons. The van der Waals surface area contributed by atoms with E-state index in [1.165, 1.54) is 0 Å². The van der Waals surface area contributed by atoms with Crippen molar-refractivity contribution in [3.8, 4) is 5.75 Å². The highest BCUT2D eigenvalue weighted by Crippen LogP contribution is 2.22. The van der Waals surface area contributed by atoms with Crippen molar-refractivity contribution < 1.29 is 9.53 Å². The number of anilines is 1. The first-order chi connectivity index (χ1) is 15.7. The molecule has 2 N–H and O–H groups in total. The molecule has 1 aliphatic rings. The fraction of sp³-hybridized carbons (Fsp3) is 0.231. The van der Waals surface area contributed by atoms with E-state index < -0.39 is 0 Å². The number of esters is 1. The Bertz CT molecular complexity index is 1200. The number of carbonyl (C=O) groups excluding carboxylic acids is 1. The molecule has 1 aliphatic heterocycles. The molecule has 1 atom stereocenters. The summed E-state index contributed by atoms with van der Waals surface area (Å²) in [4.78, 5) is 15.0. The van der Waals surface area contributed by atoms with Crippen molar-refractivity contribution >= 4 is 22.6 Å². The molecule has 0 aliphatic carbocycles. The highest BCUT2D eigenvalue weighted by atomic mass is 16.5. The molecule has 1 aromatic heterocycles. The molecule has 2 heterocycles. The maximum Gasteiger partial charge on any atom is 0.343 e. The van der Waals surface area contributed by atoms with Gasteiger partial charge in [0.05, 0.1) is 17.3 Å². The van der Waals surface area contributed by atoms with Crippen LogP contribution in [0.15, 0.2) is 79.0 Å². The minimum absolute atomic E-state index is 0.328. The van der Waals surface area contributed by atoms with Crippen LogP contribution in [-0.2, 0) is 6.54 Å². The zero-order valence-corrected chi connectivity index (χ0v) is 17.8. The van der Waals surface area contributed by atoms with Crippen molar-refractivity contribution in [2.45, 2.75) is 25.4 Å². The van der Waals surface area contributed by atoms with E-state index in [-0.39, 0.29) is 5.97 Å². The summed E-state index contributed by atoms with van der Waals surface area (Å²) in [5, 5.41) is 11.9. The number of hydrogen-bond donors (Lipinski definition) is 2. The molecule has 0 saturated carbocycles. The zero-order chi connectivity index (χ0) is 21.8. The Morgan fingerprint density at radius 3 is 2.91 bits per heavy atom. The Morgan fingerprint density at radius 2 is 2.00 bits per heavy atom. The predicted molar refractivity (Wildman–Crippen MR) is 126 cm³/mol. The number of aromatic amines is 1. The van der Waals surface area contributed by atoms with Crippen molar-refractivity contribution in [3.05, 3.63) is 90.1 Å². The first-order valence-corrected chi connectivity index (χ1v) is 11.0. The lowest BCUT2D eigenvalue weighted by atomic mass is 10.0. The maximum atomic E-state index is 12.5. The van der Waals surface area contributed by atoms with Crippen LogP contribution in [0.3, 0.4) is 0 Å². The number of para-hydroxylation sites is 1. The number of aromatic nitrogens is 2. The van der Waals surface area contributed by atoms with E-state index in [0.29, 0.717) is 17.4 Å². The van der Waals surface area contributed by atoms with Crippen LogP contribution < -0.4 is 10.1 Å². The van der Waals surface area contributed by atoms with E-state index in [1.54, 1.807) is 18.2 Å². The molecular weight excluding hydrogens is 400 g/mol. The Hall–Kier alpha value is -3.64. The van der Waals surface area contributed by atoms with Crippen LogP contribution in [-0.4, -0.2) is 40.2 Å². The van der Waals surface area contributed by atoms with Gasteiger partial charge in [0.1, 0.15) is 5.75 Å². The summed E-state index contributed by atoms with van der Waals surface area (Å²) in [6, 6.07) is 23.6. The van der Waals surface area contributed by atoms with Crippen LogP contribution in [0.1, 0.15) is 28.8 Å². The Labute approximate surface area is 187 Å². The molecule has 3 aromatic carbocycles. The van der Waals surface area contributed by atoms with Gasteiger partial charge in [-0.25, -0.2) is 4.79 Å². The topological polar surface area (TPSA) is 70.2 Å². The van der Waals surface area contributed by atoms with Crippen molar-refractivity contribution in [1.82, 2.24) is 15.1 Å². The number of carbonyl (C=O) groups is 1.